The van der Waals surface area contributed by atoms with Crippen LogP contribution >= 0.6 is 0 Å². The fourth-order valence-electron chi connectivity index (χ4n) is 3.31. The molecule has 1 amide bonds. The smallest absolute Gasteiger partial charge is 0.303 e. The van der Waals surface area contributed by atoms with Crippen LogP contribution in [0.1, 0.15) is 84.0 Å². The van der Waals surface area contributed by atoms with Crippen molar-refractivity contribution >= 4 is 11.9 Å². The predicted molar refractivity (Wildman–Crippen MR) is 99.4 cm³/mol. The van der Waals surface area contributed by atoms with Crippen LogP contribution in [0.5, 0.6) is 0 Å². The minimum absolute atomic E-state index is 0.0982. The second-order valence-electron chi connectivity index (χ2n) is 7.05. The lowest BCUT2D eigenvalue weighted by atomic mass is 9.99. The van der Waals surface area contributed by atoms with E-state index in [0.29, 0.717) is 12.8 Å². The van der Waals surface area contributed by atoms with Crippen molar-refractivity contribution in [1.29, 1.82) is 0 Å². The molecular formula is C20H35NO4. The molecule has 2 N–H and O–H groups in total. The standard InChI is InChI=1S/C20H35NO4/c1-2-3-6-11-18(22)15-14-17-10-9-12-19(23)21(17)16-8-5-4-7-13-20(24)25/h14-15,17-18,22H,2-13,16H2,1H3,(H,24,25). The van der Waals surface area contributed by atoms with Gasteiger partial charge in [0.05, 0.1) is 12.1 Å². The van der Waals surface area contributed by atoms with Crippen LogP contribution in [-0.4, -0.2) is 45.7 Å². The number of carboxylic acids is 1. The summed E-state index contributed by atoms with van der Waals surface area (Å²) in [7, 11) is 0. The zero-order valence-electron chi connectivity index (χ0n) is 15.7. The van der Waals surface area contributed by atoms with Gasteiger partial charge in [0.25, 0.3) is 0 Å². The number of hydrogen-bond donors (Lipinski definition) is 2. The van der Waals surface area contributed by atoms with Crippen molar-refractivity contribution in [2.45, 2.75) is 96.1 Å². The molecule has 25 heavy (non-hydrogen) atoms. The van der Waals surface area contributed by atoms with Gasteiger partial charge in [-0.05, 0) is 32.1 Å². The van der Waals surface area contributed by atoms with E-state index in [0.717, 1.165) is 64.3 Å². The van der Waals surface area contributed by atoms with E-state index in [-0.39, 0.29) is 18.4 Å². The van der Waals surface area contributed by atoms with Gasteiger partial charge in [0.15, 0.2) is 0 Å². The maximum Gasteiger partial charge on any atom is 0.303 e. The highest BCUT2D eigenvalue weighted by Gasteiger charge is 2.25. The fourth-order valence-corrected chi connectivity index (χ4v) is 3.31. The highest BCUT2D eigenvalue weighted by molar-refractivity contribution is 5.77. The topological polar surface area (TPSA) is 77.8 Å². The van der Waals surface area contributed by atoms with E-state index in [4.69, 9.17) is 5.11 Å². The first-order chi connectivity index (χ1) is 12.0. The van der Waals surface area contributed by atoms with Crippen molar-refractivity contribution in [2.75, 3.05) is 6.54 Å². The molecule has 0 radical (unpaired) electrons. The largest absolute Gasteiger partial charge is 0.481 e. The Bertz CT molecular complexity index is 422. The molecule has 5 heteroatoms. The van der Waals surface area contributed by atoms with Gasteiger partial charge >= 0.3 is 5.97 Å². The molecule has 0 aliphatic carbocycles. The Morgan fingerprint density at radius 2 is 2.00 bits per heavy atom. The number of amides is 1. The Balaban J connectivity index is 2.36. The van der Waals surface area contributed by atoms with Crippen molar-refractivity contribution in [3.63, 3.8) is 0 Å². The molecule has 0 aromatic carbocycles. The lowest BCUT2D eigenvalue weighted by Crippen LogP contribution is -2.43. The monoisotopic (exact) mass is 353 g/mol. The normalized spacial score (nSPS) is 19.5. The summed E-state index contributed by atoms with van der Waals surface area (Å²) >= 11 is 0. The molecular weight excluding hydrogens is 318 g/mol. The molecule has 0 bridgehead atoms. The van der Waals surface area contributed by atoms with Crippen LogP contribution in [0.2, 0.25) is 0 Å². The van der Waals surface area contributed by atoms with Crippen molar-refractivity contribution in [3.05, 3.63) is 12.2 Å². The first-order valence-corrected chi connectivity index (χ1v) is 9.92. The summed E-state index contributed by atoms with van der Waals surface area (Å²) in [6.07, 6.45) is 13.7. The zero-order chi connectivity index (χ0) is 18.5. The van der Waals surface area contributed by atoms with Gasteiger partial charge in [-0.2, -0.15) is 0 Å². The molecule has 144 valence electrons. The van der Waals surface area contributed by atoms with Gasteiger partial charge in [-0.1, -0.05) is 51.2 Å². The van der Waals surface area contributed by atoms with Crippen LogP contribution in [-0.2, 0) is 9.59 Å². The molecule has 0 aromatic heterocycles. The highest BCUT2D eigenvalue weighted by atomic mass is 16.4. The second-order valence-corrected chi connectivity index (χ2v) is 7.05. The number of carbonyl (C=O) groups excluding carboxylic acids is 1. The summed E-state index contributed by atoms with van der Waals surface area (Å²) in [5, 5.41) is 18.7. The third-order valence-electron chi connectivity index (χ3n) is 4.81. The number of aliphatic hydroxyl groups is 1. The van der Waals surface area contributed by atoms with E-state index in [9.17, 15) is 14.7 Å². The second kappa shape index (κ2) is 12.9. The molecule has 0 saturated carbocycles. The van der Waals surface area contributed by atoms with Crippen molar-refractivity contribution in [1.82, 2.24) is 4.90 Å². The number of carbonyl (C=O) groups is 2. The van der Waals surface area contributed by atoms with Crippen LogP contribution < -0.4 is 0 Å². The van der Waals surface area contributed by atoms with E-state index in [1.54, 1.807) is 0 Å². The summed E-state index contributed by atoms with van der Waals surface area (Å²) in [5.74, 6) is -0.541. The van der Waals surface area contributed by atoms with E-state index in [2.05, 4.69) is 6.92 Å². The Kier molecular flexibility index (Phi) is 11.2. The van der Waals surface area contributed by atoms with Gasteiger partial charge in [0.1, 0.15) is 0 Å². The van der Waals surface area contributed by atoms with Crippen LogP contribution in [0.3, 0.4) is 0 Å². The summed E-state index contributed by atoms with van der Waals surface area (Å²) in [6, 6.07) is 0.0982. The molecule has 1 rings (SSSR count). The molecule has 2 unspecified atom stereocenters. The third kappa shape index (κ3) is 9.63. The van der Waals surface area contributed by atoms with Gasteiger partial charge in [-0.15, -0.1) is 0 Å². The number of likely N-dealkylation sites (tertiary alicyclic amines) is 1. The maximum atomic E-state index is 12.2. The summed E-state index contributed by atoms with van der Waals surface area (Å²) in [6.45, 7) is 2.88. The Labute approximate surface area is 152 Å². The predicted octanol–water partition coefficient (Wildman–Crippen LogP) is 3.90. The quantitative estimate of drug-likeness (QED) is 0.389. The first kappa shape index (κ1) is 21.7. The minimum Gasteiger partial charge on any atom is -0.481 e. The zero-order valence-corrected chi connectivity index (χ0v) is 15.7. The number of aliphatic carboxylic acids is 1. The molecule has 1 heterocycles. The number of unbranched alkanes of at least 4 members (excludes halogenated alkanes) is 5. The molecule has 2 atom stereocenters. The minimum atomic E-state index is -0.742. The number of hydrogen-bond acceptors (Lipinski definition) is 3. The number of aliphatic hydroxyl groups excluding tert-OH is 1. The summed E-state index contributed by atoms with van der Waals surface area (Å²) in [5.41, 5.74) is 0. The van der Waals surface area contributed by atoms with E-state index in [1.165, 1.54) is 0 Å². The molecule has 5 nitrogen and oxygen atoms in total. The molecule has 0 spiro atoms. The van der Waals surface area contributed by atoms with Gasteiger partial charge in [0.2, 0.25) is 5.91 Å². The average molecular weight is 354 g/mol. The van der Waals surface area contributed by atoms with E-state index in [1.807, 2.05) is 17.1 Å². The molecule has 1 aliphatic heterocycles. The SMILES string of the molecule is CCCCCC(O)C=CC1CCCC(=O)N1CCCCCCC(=O)O. The van der Waals surface area contributed by atoms with E-state index >= 15 is 0 Å². The number of nitrogens with zero attached hydrogens (tertiary/aromatic N) is 1. The van der Waals surface area contributed by atoms with Gasteiger partial charge in [-0.3, -0.25) is 9.59 Å². The lowest BCUT2D eigenvalue weighted by Gasteiger charge is -2.34. The van der Waals surface area contributed by atoms with Gasteiger partial charge in [-0.25, -0.2) is 0 Å². The Morgan fingerprint density at radius 3 is 2.72 bits per heavy atom. The van der Waals surface area contributed by atoms with Crippen LogP contribution in [0, 0.1) is 0 Å². The molecule has 1 aliphatic rings. The molecule has 1 saturated heterocycles. The van der Waals surface area contributed by atoms with E-state index < -0.39 is 12.1 Å². The maximum absolute atomic E-state index is 12.2. The van der Waals surface area contributed by atoms with Crippen LogP contribution in [0.25, 0.3) is 0 Å². The summed E-state index contributed by atoms with van der Waals surface area (Å²) in [4.78, 5) is 24.7. The van der Waals surface area contributed by atoms with Crippen molar-refractivity contribution in [2.24, 2.45) is 0 Å². The number of rotatable bonds is 13. The highest BCUT2D eigenvalue weighted by Crippen LogP contribution is 2.21. The summed E-state index contributed by atoms with van der Waals surface area (Å²) < 4.78 is 0. The van der Waals surface area contributed by atoms with Crippen LogP contribution in [0.4, 0.5) is 0 Å². The Morgan fingerprint density at radius 1 is 1.24 bits per heavy atom. The van der Waals surface area contributed by atoms with Crippen molar-refractivity contribution in [3.8, 4) is 0 Å². The number of carboxylic acid groups (broad SMARTS) is 1. The van der Waals surface area contributed by atoms with Gasteiger partial charge < -0.3 is 15.1 Å². The lowest BCUT2D eigenvalue weighted by molar-refractivity contribution is -0.137. The average Bonchev–Trinajstić information content (AvgIpc) is 2.57. The van der Waals surface area contributed by atoms with Crippen LogP contribution in [0.15, 0.2) is 12.2 Å². The fraction of sp³-hybridized carbons (Fsp3) is 0.800. The molecule has 0 aromatic rings. The third-order valence-corrected chi connectivity index (χ3v) is 4.81. The first-order valence-electron chi connectivity index (χ1n) is 9.92. The Hall–Kier alpha value is -1.36. The molecule has 1 fully saturated rings. The van der Waals surface area contributed by atoms with Gasteiger partial charge in [0, 0.05) is 19.4 Å². The number of piperidine rings is 1. The van der Waals surface area contributed by atoms with Crippen molar-refractivity contribution < 1.29 is 19.8 Å².